The quantitative estimate of drug-likeness (QED) is 0.706. The van der Waals surface area contributed by atoms with E-state index >= 15 is 0 Å². The zero-order chi connectivity index (χ0) is 11.1. The monoisotopic (exact) mass is 215 g/mol. The lowest BCUT2D eigenvalue weighted by Crippen LogP contribution is -2.31. The third-order valence-electron chi connectivity index (χ3n) is 3.34. The van der Waals surface area contributed by atoms with Crippen LogP contribution in [-0.2, 0) is 4.74 Å². The van der Waals surface area contributed by atoms with Gasteiger partial charge < -0.3 is 15.2 Å². The summed E-state index contributed by atoms with van der Waals surface area (Å²) in [6, 6.07) is 0.186. The number of nitrogens with one attached hydrogen (secondary N) is 1. The maximum atomic E-state index is 8.99. The van der Waals surface area contributed by atoms with Gasteiger partial charge in [0.1, 0.15) is 0 Å². The average Bonchev–Trinajstić information content (AvgIpc) is 2.25. The number of hydrogen-bond donors (Lipinski definition) is 2. The first kappa shape index (κ1) is 12.9. The number of aliphatic hydroxyl groups excluding tert-OH is 1. The standard InChI is InChI=1S/C12H25NO2/c1-10-4-3-5-12(8-10)15-7-6-11(9-14)13-2/h10-14H,3-9H2,1-2H3. The Balaban J connectivity index is 2.08. The molecule has 3 atom stereocenters. The van der Waals surface area contributed by atoms with E-state index in [4.69, 9.17) is 9.84 Å². The molecule has 0 radical (unpaired) electrons. The lowest BCUT2D eigenvalue weighted by Gasteiger charge is -2.27. The van der Waals surface area contributed by atoms with Gasteiger partial charge in [-0.25, -0.2) is 0 Å². The van der Waals surface area contributed by atoms with Crippen LogP contribution in [-0.4, -0.2) is 37.5 Å². The van der Waals surface area contributed by atoms with Crippen molar-refractivity contribution in [3.8, 4) is 0 Å². The molecule has 15 heavy (non-hydrogen) atoms. The van der Waals surface area contributed by atoms with Gasteiger partial charge in [0.25, 0.3) is 0 Å². The first-order chi connectivity index (χ1) is 7.26. The molecule has 1 fully saturated rings. The highest BCUT2D eigenvalue weighted by Crippen LogP contribution is 2.25. The zero-order valence-corrected chi connectivity index (χ0v) is 10.0. The highest BCUT2D eigenvalue weighted by atomic mass is 16.5. The molecule has 0 saturated heterocycles. The second-order valence-electron chi connectivity index (χ2n) is 4.72. The molecule has 0 heterocycles. The van der Waals surface area contributed by atoms with E-state index in [9.17, 15) is 0 Å². The van der Waals surface area contributed by atoms with Crippen LogP contribution in [0.3, 0.4) is 0 Å². The van der Waals surface area contributed by atoms with Gasteiger partial charge in [-0.05, 0) is 32.2 Å². The summed E-state index contributed by atoms with van der Waals surface area (Å²) in [5.74, 6) is 0.821. The smallest absolute Gasteiger partial charge is 0.0585 e. The van der Waals surface area contributed by atoms with Gasteiger partial charge in [-0.15, -0.1) is 0 Å². The van der Waals surface area contributed by atoms with E-state index in [1.807, 2.05) is 7.05 Å². The third kappa shape index (κ3) is 4.96. The van der Waals surface area contributed by atoms with Crippen LogP contribution in [0.5, 0.6) is 0 Å². The van der Waals surface area contributed by atoms with Crippen LogP contribution in [0.2, 0.25) is 0 Å². The van der Waals surface area contributed by atoms with Crippen molar-refractivity contribution in [1.82, 2.24) is 5.32 Å². The lowest BCUT2D eigenvalue weighted by atomic mass is 9.89. The van der Waals surface area contributed by atoms with Crippen LogP contribution in [0.1, 0.15) is 39.0 Å². The first-order valence-electron chi connectivity index (χ1n) is 6.16. The summed E-state index contributed by atoms with van der Waals surface area (Å²) >= 11 is 0. The van der Waals surface area contributed by atoms with E-state index in [-0.39, 0.29) is 12.6 Å². The summed E-state index contributed by atoms with van der Waals surface area (Å²) in [6.45, 7) is 3.27. The Morgan fingerprint density at radius 1 is 1.47 bits per heavy atom. The summed E-state index contributed by atoms with van der Waals surface area (Å²) in [6.07, 6.45) is 6.45. The van der Waals surface area contributed by atoms with Crippen molar-refractivity contribution in [2.75, 3.05) is 20.3 Å². The number of rotatable bonds is 6. The molecule has 0 aromatic carbocycles. The van der Waals surface area contributed by atoms with Crippen LogP contribution >= 0.6 is 0 Å². The van der Waals surface area contributed by atoms with Gasteiger partial charge in [-0.2, -0.15) is 0 Å². The van der Waals surface area contributed by atoms with Crippen LogP contribution < -0.4 is 5.32 Å². The second-order valence-corrected chi connectivity index (χ2v) is 4.72. The van der Waals surface area contributed by atoms with Crippen molar-refractivity contribution in [2.45, 2.75) is 51.2 Å². The Morgan fingerprint density at radius 3 is 2.87 bits per heavy atom. The van der Waals surface area contributed by atoms with Gasteiger partial charge in [-0.3, -0.25) is 0 Å². The van der Waals surface area contributed by atoms with Gasteiger partial charge in [0.15, 0.2) is 0 Å². The van der Waals surface area contributed by atoms with E-state index in [0.29, 0.717) is 6.10 Å². The summed E-state index contributed by atoms with van der Waals surface area (Å²) in [7, 11) is 1.88. The van der Waals surface area contributed by atoms with E-state index in [0.717, 1.165) is 18.9 Å². The van der Waals surface area contributed by atoms with Crippen LogP contribution in [0.15, 0.2) is 0 Å². The fourth-order valence-corrected chi connectivity index (χ4v) is 2.23. The number of hydrogen-bond acceptors (Lipinski definition) is 3. The van der Waals surface area contributed by atoms with E-state index in [2.05, 4.69) is 12.2 Å². The molecule has 0 aromatic rings. The molecule has 0 aliphatic heterocycles. The summed E-state index contributed by atoms with van der Waals surface area (Å²) in [5.41, 5.74) is 0. The predicted octanol–water partition coefficient (Wildman–Crippen LogP) is 1.55. The molecule has 3 unspecified atom stereocenters. The molecule has 3 nitrogen and oxygen atoms in total. The molecule has 0 amide bonds. The lowest BCUT2D eigenvalue weighted by molar-refractivity contribution is 0.00934. The Morgan fingerprint density at radius 2 is 2.27 bits per heavy atom. The number of ether oxygens (including phenoxy) is 1. The van der Waals surface area contributed by atoms with Crippen molar-refractivity contribution < 1.29 is 9.84 Å². The van der Waals surface area contributed by atoms with Gasteiger partial charge in [0.2, 0.25) is 0 Å². The summed E-state index contributed by atoms with van der Waals surface area (Å²) in [5, 5.41) is 12.1. The number of likely N-dealkylation sites (N-methyl/N-ethyl adjacent to an activating group) is 1. The van der Waals surface area contributed by atoms with Crippen LogP contribution in [0.4, 0.5) is 0 Å². The number of aliphatic hydroxyl groups is 1. The molecule has 1 saturated carbocycles. The minimum atomic E-state index is 0.186. The minimum Gasteiger partial charge on any atom is -0.395 e. The molecule has 90 valence electrons. The largest absolute Gasteiger partial charge is 0.395 e. The predicted molar refractivity (Wildman–Crippen MR) is 61.9 cm³/mol. The molecule has 1 aliphatic carbocycles. The topological polar surface area (TPSA) is 41.5 Å². The van der Waals surface area contributed by atoms with Crippen molar-refractivity contribution in [2.24, 2.45) is 5.92 Å². The van der Waals surface area contributed by atoms with Gasteiger partial charge in [0.05, 0.1) is 12.7 Å². The Hall–Kier alpha value is -0.120. The normalized spacial score (nSPS) is 29.0. The van der Waals surface area contributed by atoms with E-state index in [1.165, 1.54) is 25.7 Å². The zero-order valence-electron chi connectivity index (χ0n) is 10.0. The molecule has 1 aliphatic rings. The molecule has 0 spiro atoms. The van der Waals surface area contributed by atoms with Gasteiger partial charge in [-0.1, -0.05) is 19.8 Å². The summed E-state index contributed by atoms with van der Waals surface area (Å²) < 4.78 is 5.84. The second kappa shape index (κ2) is 7.20. The molecular formula is C12H25NO2. The van der Waals surface area contributed by atoms with Crippen molar-refractivity contribution in [1.29, 1.82) is 0 Å². The molecule has 2 N–H and O–H groups in total. The SMILES string of the molecule is CNC(CO)CCOC1CCCC(C)C1. The van der Waals surface area contributed by atoms with E-state index in [1.54, 1.807) is 0 Å². The highest BCUT2D eigenvalue weighted by Gasteiger charge is 2.19. The van der Waals surface area contributed by atoms with Gasteiger partial charge >= 0.3 is 0 Å². The van der Waals surface area contributed by atoms with Crippen molar-refractivity contribution in [3.63, 3.8) is 0 Å². The Kier molecular flexibility index (Phi) is 6.22. The third-order valence-corrected chi connectivity index (χ3v) is 3.34. The minimum absolute atomic E-state index is 0.186. The maximum Gasteiger partial charge on any atom is 0.0585 e. The molecule has 3 heteroatoms. The molecule has 0 bridgehead atoms. The van der Waals surface area contributed by atoms with Gasteiger partial charge in [0, 0.05) is 12.6 Å². The van der Waals surface area contributed by atoms with Crippen LogP contribution in [0.25, 0.3) is 0 Å². The highest BCUT2D eigenvalue weighted by molar-refractivity contribution is 4.71. The molecule has 0 aromatic heterocycles. The van der Waals surface area contributed by atoms with Crippen molar-refractivity contribution in [3.05, 3.63) is 0 Å². The fraction of sp³-hybridized carbons (Fsp3) is 1.00. The first-order valence-corrected chi connectivity index (χ1v) is 6.16. The van der Waals surface area contributed by atoms with Crippen molar-refractivity contribution >= 4 is 0 Å². The average molecular weight is 215 g/mol. The summed E-state index contributed by atoms with van der Waals surface area (Å²) in [4.78, 5) is 0. The maximum absolute atomic E-state index is 8.99. The van der Waals surface area contributed by atoms with E-state index < -0.39 is 0 Å². The molecule has 1 rings (SSSR count). The van der Waals surface area contributed by atoms with Crippen LogP contribution in [0, 0.1) is 5.92 Å². The fourth-order valence-electron chi connectivity index (χ4n) is 2.23. The molecular weight excluding hydrogens is 190 g/mol. The Labute approximate surface area is 93.2 Å². The Bertz CT molecular complexity index is 160.